The molecule has 0 bridgehead atoms. The Bertz CT molecular complexity index is 434. The first-order valence-corrected chi connectivity index (χ1v) is 6.48. The van der Waals surface area contributed by atoms with Crippen molar-refractivity contribution in [2.45, 2.75) is 6.42 Å². The highest BCUT2D eigenvalue weighted by Crippen LogP contribution is 2.26. The minimum Gasteiger partial charge on any atom is -0.411 e. The van der Waals surface area contributed by atoms with Gasteiger partial charge in [-0.3, -0.25) is 0 Å². The predicted octanol–water partition coefficient (Wildman–Crippen LogP) is 1.74. The monoisotopic (exact) mass is 264 g/mol. The van der Waals surface area contributed by atoms with E-state index in [2.05, 4.69) is 16.1 Å². The number of hydrogen-bond donors (Lipinski definition) is 1. The van der Waals surface area contributed by atoms with Gasteiger partial charge in [0.2, 0.25) is 0 Å². The molecule has 5 heteroatoms. The molecule has 0 aromatic heterocycles. The molecule has 0 aliphatic carbocycles. The molecule has 1 aromatic carbocycles. The summed E-state index contributed by atoms with van der Waals surface area (Å²) in [4.78, 5) is 2.26. The Morgan fingerprint density at radius 1 is 1.26 bits per heavy atom. The third-order valence-electron chi connectivity index (χ3n) is 3.23. The van der Waals surface area contributed by atoms with Gasteiger partial charge in [0.15, 0.2) is 0 Å². The first-order valence-electron chi connectivity index (χ1n) is 6.48. The highest BCUT2D eigenvalue weighted by molar-refractivity contribution is 6.06. The summed E-state index contributed by atoms with van der Waals surface area (Å²) in [6.45, 7) is 3.60. The van der Waals surface area contributed by atoms with E-state index in [0.29, 0.717) is 19.8 Å². The quantitative estimate of drug-likeness (QED) is 0.483. The van der Waals surface area contributed by atoms with Gasteiger partial charge >= 0.3 is 0 Å². The molecule has 0 radical (unpaired) electrons. The summed E-state index contributed by atoms with van der Waals surface area (Å²) in [6, 6.07) is 8.00. The molecule has 1 N–H and O–H groups in total. The van der Waals surface area contributed by atoms with Gasteiger partial charge in [-0.25, -0.2) is 0 Å². The topological polar surface area (TPSA) is 54.3 Å². The van der Waals surface area contributed by atoms with Gasteiger partial charge in [-0.05, 0) is 6.07 Å². The SMILES string of the molecule is COCCOCCN1CCC(=NO)c2ccccc21. The van der Waals surface area contributed by atoms with Crippen LogP contribution in [0.3, 0.4) is 0 Å². The van der Waals surface area contributed by atoms with Gasteiger partial charge in [-0.15, -0.1) is 0 Å². The van der Waals surface area contributed by atoms with Crippen molar-refractivity contribution in [3.8, 4) is 0 Å². The minimum atomic E-state index is 0.620. The van der Waals surface area contributed by atoms with Gasteiger partial charge < -0.3 is 19.6 Å². The summed E-state index contributed by atoms with van der Waals surface area (Å²) < 4.78 is 10.4. The van der Waals surface area contributed by atoms with Crippen molar-refractivity contribution < 1.29 is 14.7 Å². The van der Waals surface area contributed by atoms with Crippen LogP contribution >= 0.6 is 0 Å². The fourth-order valence-electron chi connectivity index (χ4n) is 2.24. The van der Waals surface area contributed by atoms with Gasteiger partial charge in [-0.2, -0.15) is 0 Å². The Hall–Kier alpha value is -1.59. The lowest BCUT2D eigenvalue weighted by atomic mass is 10.00. The molecule has 0 saturated heterocycles. The first-order chi connectivity index (χ1) is 9.36. The molecular weight excluding hydrogens is 244 g/mol. The zero-order valence-corrected chi connectivity index (χ0v) is 11.2. The number of benzene rings is 1. The van der Waals surface area contributed by atoms with Crippen LogP contribution in [0.1, 0.15) is 12.0 Å². The summed E-state index contributed by atoms with van der Waals surface area (Å²) in [5.41, 5.74) is 2.87. The Labute approximate surface area is 113 Å². The maximum atomic E-state index is 9.03. The zero-order chi connectivity index (χ0) is 13.5. The number of hydrogen-bond acceptors (Lipinski definition) is 5. The van der Waals surface area contributed by atoms with Crippen LogP contribution in [0.5, 0.6) is 0 Å². The van der Waals surface area contributed by atoms with Crippen LogP contribution in [0.25, 0.3) is 0 Å². The van der Waals surface area contributed by atoms with Crippen LogP contribution in [0.4, 0.5) is 5.69 Å². The Kier molecular flexibility index (Phi) is 5.18. The molecule has 104 valence electrons. The molecule has 0 saturated carbocycles. The van der Waals surface area contributed by atoms with Crippen molar-refractivity contribution in [3.05, 3.63) is 29.8 Å². The Balaban J connectivity index is 1.96. The number of para-hydroxylation sites is 1. The van der Waals surface area contributed by atoms with Crippen molar-refractivity contribution in [2.24, 2.45) is 5.16 Å². The number of nitrogens with zero attached hydrogens (tertiary/aromatic N) is 2. The van der Waals surface area contributed by atoms with Gasteiger partial charge in [-0.1, -0.05) is 23.4 Å². The van der Waals surface area contributed by atoms with E-state index in [1.807, 2.05) is 18.2 Å². The van der Waals surface area contributed by atoms with E-state index in [1.54, 1.807) is 7.11 Å². The van der Waals surface area contributed by atoms with Crippen molar-refractivity contribution in [2.75, 3.05) is 44.9 Å². The zero-order valence-electron chi connectivity index (χ0n) is 11.2. The second kappa shape index (κ2) is 7.11. The van der Waals surface area contributed by atoms with Gasteiger partial charge in [0.25, 0.3) is 0 Å². The summed E-state index contributed by atoms with van der Waals surface area (Å²) in [6.07, 6.45) is 0.756. The van der Waals surface area contributed by atoms with Crippen LogP contribution in [0.2, 0.25) is 0 Å². The number of oxime groups is 1. The first kappa shape index (κ1) is 13.8. The normalized spacial score (nSPS) is 16.7. The molecule has 1 heterocycles. The summed E-state index contributed by atoms with van der Waals surface area (Å²) in [7, 11) is 1.67. The van der Waals surface area contributed by atoms with Crippen LogP contribution in [0, 0.1) is 0 Å². The van der Waals surface area contributed by atoms with Crippen molar-refractivity contribution in [1.29, 1.82) is 0 Å². The maximum absolute atomic E-state index is 9.03. The van der Waals surface area contributed by atoms with E-state index in [1.165, 1.54) is 0 Å². The van der Waals surface area contributed by atoms with Gasteiger partial charge in [0.1, 0.15) is 0 Å². The number of methoxy groups -OCH3 is 1. The number of rotatable bonds is 6. The van der Waals surface area contributed by atoms with Gasteiger partial charge in [0, 0.05) is 37.9 Å². The van der Waals surface area contributed by atoms with Crippen molar-refractivity contribution in [1.82, 2.24) is 0 Å². The van der Waals surface area contributed by atoms with Crippen LogP contribution in [-0.2, 0) is 9.47 Å². The molecule has 19 heavy (non-hydrogen) atoms. The number of ether oxygens (including phenoxy) is 2. The Morgan fingerprint density at radius 2 is 2.11 bits per heavy atom. The van der Waals surface area contributed by atoms with E-state index < -0.39 is 0 Å². The lowest BCUT2D eigenvalue weighted by Crippen LogP contribution is -2.35. The molecule has 1 aliphatic rings. The fraction of sp³-hybridized carbons (Fsp3) is 0.500. The lowest BCUT2D eigenvalue weighted by Gasteiger charge is -2.31. The highest BCUT2D eigenvalue weighted by atomic mass is 16.5. The van der Waals surface area contributed by atoms with Crippen LogP contribution in [0.15, 0.2) is 29.4 Å². The van der Waals surface area contributed by atoms with Crippen molar-refractivity contribution in [3.63, 3.8) is 0 Å². The summed E-state index contributed by atoms with van der Waals surface area (Å²) in [5.74, 6) is 0. The number of fused-ring (bicyclic) bond motifs is 1. The van der Waals surface area contributed by atoms with E-state index in [4.69, 9.17) is 14.7 Å². The molecule has 0 atom stereocenters. The molecule has 1 aliphatic heterocycles. The maximum Gasteiger partial charge on any atom is 0.0906 e. The largest absolute Gasteiger partial charge is 0.411 e. The third kappa shape index (κ3) is 3.45. The second-order valence-corrected chi connectivity index (χ2v) is 4.41. The molecule has 1 aromatic rings. The average Bonchev–Trinajstić information content (AvgIpc) is 2.47. The molecule has 5 nitrogen and oxygen atoms in total. The Morgan fingerprint density at radius 3 is 2.89 bits per heavy atom. The van der Waals surface area contributed by atoms with Crippen LogP contribution in [-0.4, -0.2) is 50.9 Å². The molecule has 2 rings (SSSR count). The third-order valence-corrected chi connectivity index (χ3v) is 3.23. The van der Waals surface area contributed by atoms with E-state index in [9.17, 15) is 0 Å². The lowest BCUT2D eigenvalue weighted by molar-refractivity contribution is 0.0740. The molecule has 0 fully saturated rings. The van der Waals surface area contributed by atoms with E-state index >= 15 is 0 Å². The second-order valence-electron chi connectivity index (χ2n) is 4.41. The smallest absolute Gasteiger partial charge is 0.0906 e. The van der Waals surface area contributed by atoms with E-state index in [-0.39, 0.29) is 0 Å². The van der Waals surface area contributed by atoms with Crippen LogP contribution < -0.4 is 4.90 Å². The predicted molar refractivity (Wildman–Crippen MR) is 74.3 cm³/mol. The van der Waals surface area contributed by atoms with E-state index in [0.717, 1.165) is 36.5 Å². The minimum absolute atomic E-state index is 0.620. The standard InChI is InChI=1S/C14H20N2O3/c1-18-10-11-19-9-8-16-7-6-13(15-17)12-4-2-3-5-14(12)16/h2-5,17H,6-11H2,1H3. The van der Waals surface area contributed by atoms with Gasteiger partial charge in [0.05, 0.1) is 25.5 Å². The average molecular weight is 264 g/mol. The number of anilines is 1. The fourth-order valence-corrected chi connectivity index (χ4v) is 2.24. The molecular formula is C14H20N2O3. The molecule has 0 spiro atoms. The van der Waals surface area contributed by atoms with Crippen molar-refractivity contribution >= 4 is 11.4 Å². The summed E-state index contributed by atoms with van der Waals surface area (Å²) in [5, 5.41) is 12.4. The summed E-state index contributed by atoms with van der Waals surface area (Å²) >= 11 is 0. The molecule has 0 amide bonds. The molecule has 0 unspecified atom stereocenters. The highest BCUT2D eigenvalue weighted by Gasteiger charge is 2.21.